The van der Waals surface area contributed by atoms with Crippen molar-refractivity contribution in [3.8, 4) is 0 Å². The monoisotopic (exact) mass is 424 g/mol. The summed E-state index contributed by atoms with van der Waals surface area (Å²) in [6.07, 6.45) is 33.6. The summed E-state index contributed by atoms with van der Waals surface area (Å²) in [7, 11) is 0. The van der Waals surface area contributed by atoms with Crippen LogP contribution in [0.1, 0.15) is 168 Å². The molecule has 2 heteroatoms. The fourth-order valence-electron chi connectivity index (χ4n) is 4.74. The van der Waals surface area contributed by atoms with Gasteiger partial charge in [-0.25, -0.2) is 0 Å². The van der Waals surface area contributed by atoms with Crippen molar-refractivity contribution in [3.05, 3.63) is 5.21 Å². The second kappa shape index (κ2) is 27.0. The molecule has 0 unspecified atom stereocenters. The van der Waals surface area contributed by atoms with Gasteiger partial charge in [0.25, 0.3) is 0 Å². The molecule has 0 aromatic heterocycles. The maximum Gasteiger partial charge on any atom is -0.0169 e. The van der Waals surface area contributed by atoms with Crippen LogP contribution in [0.2, 0.25) is 0 Å². The van der Waals surface area contributed by atoms with Crippen LogP contribution in [0, 0.1) is 11.1 Å². The minimum Gasteiger partial charge on any atom is -0.788 e. The Balaban J connectivity index is 3.61. The SMILES string of the molecule is CCCCCCCCCCCCC(CCCCCCCCCCCC)CCCN[O-]. The van der Waals surface area contributed by atoms with E-state index in [1.54, 1.807) is 0 Å². The van der Waals surface area contributed by atoms with Gasteiger partial charge in [0.15, 0.2) is 0 Å². The number of nitrogens with one attached hydrogen (secondary N) is 1. The fourth-order valence-corrected chi connectivity index (χ4v) is 4.74. The Bertz CT molecular complexity index is 270. The first kappa shape index (κ1) is 29.9. The highest BCUT2D eigenvalue weighted by molar-refractivity contribution is 4.63. The van der Waals surface area contributed by atoms with E-state index >= 15 is 0 Å². The van der Waals surface area contributed by atoms with Gasteiger partial charge in [0.1, 0.15) is 0 Å². The maximum atomic E-state index is 10.5. The van der Waals surface area contributed by atoms with E-state index in [-0.39, 0.29) is 0 Å². The third kappa shape index (κ3) is 24.2. The molecule has 0 saturated carbocycles. The smallest absolute Gasteiger partial charge is 0.0169 e. The van der Waals surface area contributed by atoms with E-state index in [0.29, 0.717) is 6.54 Å². The zero-order valence-electron chi connectivity index (χ0n) is 21.2. The predicted octanol–water partition coefficient (Wildman–Crippen LogP) is 10.1. The van der Waals surface area contributed by atoms with Gasteiger partial charge in [-0.2, -0.15) is 0 Å². The summed E-state index contributed by atoms with van der Waals surface area (Å²) >= 11 is 0. The van der Waals surface area contributed by atoms with Gasteiger partial charge in [-0.15, -0.1) is 0 Å². The molecule has 0 saturated heterocycles. The van der Waals surface area contributed by atoms with E-state index in [0.717, 1.165) is 12.3 Å². The molecule has 0 amide bonds. The van der Waals surface area contributed by atoms with E-state index in [1.165, 1.54) is 148 Å². The first-order chi connectivity index (χ1) is 14.8. The molecule has 0 aliphatic heterocycles. The molecule has 0 rings (SSSR count). The second-order valence-electron chi connectivity index (χ2n) is 9.84. The van der Waals surface area contributed by atoms with Gasteiger partial charge in [-0.1, -0.05) is 155 Å². The summed E-state index contributed by atoms with van der Waals surface area (Å²) in [5.41, 5.74) is 2.09. The summed E-state index contributed by atoms with van der Waals surface area (Å²) in [6, 6.07) is 0. The van der Waals surface area contributed by atoms with Crippen molar-refractivity contribution in [2.45, 2.75) is 168 Å². The minimum absolute atomic E-state index is 0.645. The second-order valence-corrected chi connectivity index (χ2v) is 9.84. The lowest BCUT2D eigenvalue weighted by molar-refractivity contribution is 0.371. The lowest BCUT2D eigenvalue weighted by Gasteiger charge is -2.18. The number of unbranched alkanes of at least 4 members (excludes halogenated alkanes) is 18. The Morgan fingerprint density at radius 3 is 1.07 bits per heavy atom. The molecule has 0 heterocycles. The third-order valence-electron chi connectivity index (χ3n) is 6.82. The van der Waals surface area contributed by atoms with Crippen LogP contribution in [-0.2, 0) is 0 Å². The van der Waals surface area contributed by atoms with Crippen molar-refractivity contribution < 1.29 is 0 Å². The lowest BCUT2D eigenvalue weighted by atomic mass is 9.90. The molecule has 182 valence electrons. The minimum atomic E-state index is 0.645. The van der Waals surface area contributed by atoms with Crippen LogP contribution in [0.5, 0.6) is 0 Å². The molecule has 0 fully saturated rings. The average molecular weight is 425 g/mol. The highest BCUT2D eigenvalue weighted by atomic mass is 16.5. The number of rotatable bonds is 26. The van der Waals surface area contributed by atoms with Crippen molar-refractivity contribution in [2.24, 2.45) is 5.92 Å². The Hall–Kier alpha value is -0.0800. The van der Waals surface area contributed by atoms with Crippen LogP contribution < -0.4 is 5.48 Å². The summed E-state index contributed by atoms with van der Waals surface area (Å²) in [5, 5.41) is 10.5. The quantitative estimate of drug-likeness (QED) is 0.111. The first-order valence-corrected chi connectivity index (χ1v) is 14.2. The van der Waals surface area contributed by atoms with E-state index in [2.05, 4.69) is 19.3 Å². The molecular formula is C28H58NO-. The largest absolute Gasteiger partial charge is 0.788 e. The van der Waals surface area contributed by atoms with Gasteiger partial charge in [-0.3, -0.25) is 0 Å². The van der Waals surface area contributed by atoms with Gasteiger partial charge in [-0.05, 0) is 25.3 Å². The van der Waals surface area contributed by atoms with Gasteiger partial charge in [0.2, 0.25) is 0 Å². The molecule has 1 N–H and O–H groups in total. The molecule has 0 radical (unpaired) electrons. The third-order valence-corrected chi connectivity index (χ3v) is 6.82. The van der Waals surface area contributed by atoms with Crippen molar-refractivity contribution >= 4 is 0 Å². The highest BCUT2D eigenvalue weighted by Crippen LogP contribution is 2.23. The molecule has 30 heavy (non-hydrogen) atoms. The van der Waals surface area contributed by atoms with Gasteiger partial charge >= 0.3 is 0 Å². The lowest BCUT2D eigenvalue weighted by Crippen LogP contribution is -2.09. The van der Waals surface area contributed by atoms with Gasteiger partial charge < -0.3 is 10.7 Å². The molecule has 0 aromatic rings. The normalized spacial score (nSPS) is 11.6. The van der Waals surface area contributed by atoms with Gasteiger partial charge in [0.05, 0.1) is 0 Å². The molecule has 2 nitrogen and oxygen atoms in total. The van der Waals surface area contributed by atoms with Gasteiger partial charge in [0, 0.05) is 0 Å². The van der Waals surface area contributed by atoms with Crippen molar-refractivity contribution in [2.75, 3.05) is 6.54 Å². The molecule has 0 aromatic carbocycles. The average Bonchev–Trinajstić information content (AvgIpc) is 2.76. The fraction of sp³-hybridized carbons (Fsp3) is 1.00. The Labute approximate surface area is 191 Å². The van der Waals surface area contributed by atoms with E-state index < -0.39 is 0 Å². The van der Waals surface area contributed by atoms with Crippen LogP contribution in [0.4, 0.5) is 0 Å². The first-order valence-electron chi connectivity index (χ1n) is 14.2. The van der Waals surface area contributed by atoms with Crippen molar-refractivity contribution in [1.29, 1.82) is 0 Å². The number of hydroxylamine groups is 1. The molecule has 0 aliphatic rings. The summed E-state index contributed by atoms with van der Waals surface area (Å²) < 4.78 is 0. The molecule has 0 atom stereocenters. The Morgan fingerprint density at radius 2 is 0.733 bits per heavy atom. The highest BCUT2D eigenvalue weighted by Gasteiger charge is 2.08. The van der Waals surface area contributed by atoms with Crippen molar-refractivity contribution in [3.63, 3.8) is 0 Å². The van der Waals surface area contributed by atoms with E-state index in [9.17, 15) is 5.21 Å². The maximum absolute atomic E-state index is 10.5. The molecule has 0 aliphatic carbocycles. The zero-order valence-corrected chi connectivity index (χ0v) is 21.2. The van der Waals surface area contributed by atoms with Crippen LogP contribution in [-0.4, -0.2) is 6.54 Å². The Morgan fingerprint density at radius 1 is 0.433 bits per heavy atom. The Kier molecular flexibility index (Phi) is 26.9. The van der Waals surface area contributed by atoms with E-state index in [1.807, 2.05) is 0 Å². The van der Waals surface area contributed by atoms with Crippen LogP contribution in [0.25, 0.3) is 0 Å². The predicted molar refractivity (Wildman–Crippen MR) is 137 cm³/mol. The molecule has 0 bridgehead atoms. The number of hydrogen-bond acceptors (Lipinski definition) is 2. The number of hydrogen-bond donors (Lipinski definition) is 1. The molecular weight excluding hydrogens is 366 g/mol. The van der Waals surface area contributed by atoms with Crippen LogP contribution >= 0.6 is 0 Å². The van der Waals surface area contributed by atoms with Crippen molar-refractivity contribution in [1.82, 2.24) is 5.48 Å². The zero-order chi connectivity index (χ0) is 22.0. The summed E-state index contributed by atoms with van der Waals surface area (Å²) in [6.45, 7) is 5.23. The topological polar surface area (TPSA) is 35.1 Å². The van der Waals surface area contributed by atoms with Crippen LogP contribution in [0.3, 0.4) is 0 Å². The summed E-state index contributed by atoms with van der Waals surface area (Å²) in [4.78, 5) is 0. The molecule has 0 spiro atoms. The standard InChI is InChI=1S/C28H58NO/c1-3-5-7-9-11-13-15-17-19-21-24-28(26-23-27-29-30)25-22-20-18-16-14-12-10-8-6-4-2/h28-29H,3-27H2,1-2H3/q-1. The van der Waals surface area contributed by atoms with E-state index in [4.69, 9.17) is 0 Å². The van der Waals surface area contributed by atoms with Crippen LogP contribution in [0.15, 0.2) is 0 Å². The summed E-state index contributed by atoms with van der Waals surface area (Å²) in [5.74, 6) is 0.862.